The summed E-state index contributed by atoms with van der Waals surface area (Å²) >= 11 is 0. The fraction of sp³-hybridized carbons (Fsp3) is 0.269. The lowest BCUT2D eigenvalue weighted by atomic mass is 9.74. The molecule has 0 bridgehead atoms. The molecule has 4 nitrogen and oxygen atoms in total. The summed E-state index contributed by atoms with van der Waals surface area (Å²) in [6.45, 7) is 3.67. The van der Waals surface area contributed by atoms with Crippen LogP contribution in [0.1, 0.15) is 37.0 Å². The molecule has 162 valence electrons. The van der Waals surface area contributed by atoms with E-state index in [4.69, 9.17) is 0 Å². The number of amides is 1. The SMILES string of the molecule is CC(C)C(O)C(C(=O)Nc1ccccc1)C(c1ccccc1)C(O)c1ccc(F)cc1. The van der Waals surface area contributed by atoms with E-state index in [2.05, 4.69) is 5.32 Å². The Morgan fingerprint density at radius 2 is 1.35 bits per heavy atom. The number of para-hydroxylation sites is 1. The van der Waals surface area contributed by atoms with Crippen molar-refractivity contribution in [3.8, 4) is 0 Å². The normalized spacial score (nSPS) is 15.2. The van der Waals surface area contributed by atoms with E-state index in [-0.39, 0.29) is 11.8 Å². The fourth-order valence-electron chi connectivity index (χ4n) is 3.82. The largest absolute Gasteiger partial charge is 0.392 e. The minimum Gasteiger partial charge on any atom is -0.392 e. The molecule has 0 fully saturated rings. The predicted octanol–water partition coefficient (Wildman–Crippen LogP) is 4.91. The van der Waals surface area contributed by atoms with Gasteiger partial charge in [0.1, 0.15) is 5.82 Å². The summed E-state index contributed by atoms with van der Waals surface area (Å²) in [4.78, 5) is 13.4. The van der Waals surface area contributed by atoms with E-state index >= 15 is 0 Å². The Hall–Kier alpha value is -3.02. The van der Waals surface area contributed by atoms with Crippen LogP contribution >= 0.6 is 0 Å². The van der Waals surface area contributed by atoms with E-state index in [1.165, 1.54) is 24.3 Å². The second kappa shape index (κ2) is 10.3. The standard InChI is InChI=1S/C26H28FNO3/c1-17(2)24(29)23(26(31)28-21-11-7-4-8-12-21)22(18-9-5-3-6-10-18)25(30)19-13-15-20(27)16-14-19/h3-17,22-25,29-30H,1-2H3,(H,28,31). The Morgan fingerprint density at radius 3 is 1.90 bits per heavy atom. The Balaban J connectivity index is 2.06. The topological polar surface area (TPSA) is 69.6 Å². The molecule has 5 heteroatoms. The van der Waals surface area contributed by atoms with E-state index in [1.54, 1.807) is 12.1 Å². The molecule has 0 spiro atoms. The summed E-state index contributed by atoms with van der Waals surface area (Å²) in [6, 6.07) is 23.7. The molecule has 3 aromatic rings. The van der Waals surface area contributed by atoms with Gasteiger partial charge in [-0.25, -0.2) is 4.39 Å². The van der Waals surface area contributed by atoms with Gasteiger partial charge in [0, 0.05) is 11.6 Å². The van der Waals surface area contributed by atoms with Gasteiger partial charge in [0.25, 0.3) is 0 Å². The van der Waals surface area contributed by atoms with Gasteiger partial charge >= 0.3 is 0 Å². The summed E-state index contributed by atoms with van der Waals surface area (Å²) in [7, 11) is 0. The lowest BCUT2D eigenvalue weighted by Gasteiger charge is -2.35. The molecule has 31 heavy (non-hydrogen) atoms. The number of hydrogen-bond donors (Lipinski definition) is 3. The number of benzene rings is 3. The zero-order valence-corrected chi connectivity index (χ0v) is 17.7. The third kappa shape index (κ3) is 5.57. The van der Waals surface area contributed by atoms with Crippen molar-refractivity contribution in [2.45, 2.75) is 32.0 Å². The van der Waals surface area contributed by atoms with Crippen LogP contribution in [0.5, 0.6) is 0 Å². The summed E-state index contributed by atoms with van der Waals surface area (Å²) in [5.74, 6) is -2.70. The average Bonchev–Trinajstić information content (AvgIpc) is 2.78. The molecule has 3 rings (SSSR count). The van der Waals surface area contributed by atoms with Crippen LogP contribution in [0.15, 0.2) is 84.9 Å². The first-order chi connectivity index (χ1) is 14.9. The molecule has 0 saturated heterocycles. The van der Waals surface area contributed by atoms with Crippen molar-refractivity contribution in [3.05, 3.63) is 102 Å². The molecule has 0 aliphatic heterocycles. The van der Waals surface area contributed by atoms with Gasteiger partial charge in [-0.3, -0.25) is 4.79 Å². The smallest absolute Gasteiger partial charge is 0.230 e. The molecular formula is C26H28FNO3. The van der Waals surface area contributed by atoms with Crippen molar-refractivity contribution >= 4 is 11.6 Å². The summed E-state index contributed by atoms with van der Waals surface area (Å²) < 4.78 is 13.5. The number of halogens is 1. The van der Waals surface area contributed by atoms with Crippen LogP contribution in [-0.2, 0) is 4.79 Å². The van der Waals surface area contributed by atoms with Crippen molar-refractivity contribution in [2.24, 2.45) is 11.8 Å². The number of rotatable bonds is 8. The first kappa shape index (κ1) is 22.7. The van der Waals surface area contributed by atoms with Crippen LogP contribution in [0.25, 0.3) is 0 Å². The third-order valence-electron chi connectivity index (χ3n) is 5.52. The minimum atomic E-state index is -1.12. The van der Waals surface area contributed by atoms with Gasteiger partial charge in [-0.15, -0.1) is 0 Å². The average molecular weight is 422 g/mol. The number of carbonyl (C=O) groups is 1. The van der Waals surface area contributed by atoms with Crippen molar-refractivity contribution in [2.75, 3.05) is 5.32 Å². The molecule has 0 aliphatic rings. The number of aliphatic hydroxyl groups excluding tert-OH is 2. The van der Waals surface area contributed by atoms with Gasteiger partial charge in [-0.1, -0.05) is 74.5 Å². The van der Waals surface area contributed by atoms with E-state index in [9.17, 15) is 19.4 Å². The van der Waals surface area contributed by atoms with E-state index in [1.807, 2.05) is 62.4 Å². The van der Waals surface area contributed by atoms with Crippen LogP contribution < -0.4 is 5.32 Å². The van der Waals surface area contributed by atoms with Gasteiger partial charge in [-0.05, 0) is 41.3 Å². The van der Waals surface area contributed by atoms with Gasteiger partial charge < -0.3 is 15.5 Å². The minimum absolute atomic E-state index is 0.224. The zero-order chi connectivity index (χ0) is 22.4. The molecule has 0 aliphatic carbocycles. The lowest BCUT2D eigenvalue weighted by Crippen LogP contribution is -2.42. The monoisotopic (exact) mass is 421 g/mol. The Labute approximate surface area is 182 Å². The lowest BCUT2D eigenvalue weighted by molar-refractivity contribution is -0.127. The van der Waals surface area contributed by atoms with Gasteiger partial charge in [0.05, 0.1) is 18.1 Å². The Bertz CT molecular complexity index is 961. The maximum atomic E-state index is 13.5. The summed E-state index contributed by atoms with van der Waals surface area (Å²) in [5, 5.41) is 25.3. The maximum Gasteiger partial charge on any atom is 0.230 e. The first-order valence-corrected chi connectivity index (χ1v) is 10.4. The van der Waals surface area contributed by atoms with Crippen LogP contribution in [-0.4, -0.2) is 22.2 Å². The highest BCUT2D eigenvalue weighted by Gasteiger charge is 2.41. The van der Waals surface area contributed by atoms with E-state index in [0.717, 1.165) is 0 Å². The molecule has 3 N–H and O–H groups in total. The highest BCUT2D eigenvalue weighted by molar-refractivity contribution is 5.93. The number of anilines is 1. The van der Waals surface area contributed by atoms with Gasteiger partial charge in [-0.2, -0.15) is 0 Å². The van der Waals surface area contributed by atoms with Crippen molar-refractivity contribution in [1.82, 2.24) is 0 Å². The predicted molar refractivity (Wildman–Crippen MR) is 120 cm³/mol. The highest BCUT2D eigenvalue weighted by Crippen LogP contribution is 2.40. The number of aliphatic hydroxyl groups is 2. The second-order valence-electron chi connectivity index (χ2n) is 8.05. The van der Waals surface area contributed by atoms with Crippen LogP contribution in [0, 0.1) is 17.7 Å². The first-order valence-electron chi connectivity index (χ1n) is 10.4. The van der Waals surface area contributed by atoms with Crippen molar-refractivity contribution in [1.29, 1.82) is 0 Å². The Morgan fingerprint density at radius 1 is 0.806 bits per heavy atom. The number of carbonyl (C=O) groups excluding carboxylic acids is 1. The Kier molecular flexibility index (Phi) is 7.55. The van der Waals surface area contributed by atoms with Crippen molar-refractivity contribution < 1.29 is 19.4 Å². The van der Waals surface area contributed by atoms with E-state index in [0.29, 0.717) is 16.8 Å². The summed E-state index contributed by atoms with van der Waals surface area (Å²) in [6.07, 6.45) is -2.13. The number of nitrogens with one attached hydrogen (secondary N) is 1. The highest BCUT2D eigenvalue weighted by atomic mass is 19.1. The molecule has 0 heterocycles. The van der Waals surface area contributed by atoms with Crippen LogP contribution in [0.2, 0.25) is 0 Å². The molecule has 3 aromatic carbocycles. The van der Waals surface area contributed by atoms with Crippen LogP contribution in [0.3, 0.4) is 0 Å². The third-order valence-corrected chi connectivity index (χ3v) is 5.52. The molecule has 0 saturated carbocycles. The van der Waals surface area contributed by atoms with Gasteiger partial charge in [0.15, 0.2) is 0 Å². The fourth-order valence-corrected chi connectivity index (χ4v) is 3.82. The van der Waals surface area contributed by atoms with Crippen LogP contribution in [0.4, 0.5) is 10.1 Å². The van der Waals surface area contributed by atoms with Gasteiger partial charge in [0.2, 0.25) is 5.91 Å². The molecule has 1 amide bonds. The zero-order valence-electron chi connectivity index (χ0n) is 17.7. The molecule has 0 radical (unpaired) electrons. The quantitative estimate of drug-likeness (QED) is 0.484. The molecule has 4 atom stereocenters. The number of hydrogen-bond acceptors (Lipinski definition) is 3. The van der Waals surface area contributed by atoms with E-state index < -0.39 is 29.9 Å². The second-order valence-corrected chi connectivity index (χ2v) is 8.05. The molecule has 0 aromatic heterocycles. The molecular weight excluding hydrogens is 393 g/mol. The maximum absolute atomic E-state index is 13.5. The summed E-state index contributed by atoms with van der Waals surface area (Å²) in [5.41, 5.74) is 1.80. The molecule has 4 unspecified atom stereocenters. The van der Waals surface area contributed by atoms with Crippen molar-refractivity contribution in [3.63, 3.8) is 0 Å².